The molecule has 2 fully saturated rings. The minimum Gasteiger partial charge on any atom is -0.501 e. The molecule has 0 radical (unpaired) electrons. The molecule has 0 aromatic rings. The SMILES string of the molecule is CCC1(CCCOC=C2CCCC2)CS(=O)CCS1=O. The van der Waals surface area contributed by atoms with Crippen molar-refractivity contribution in [1.29, 1.82) is 0 Å². The molecule has 1 aliphatic carbocycles. The maximum absolute atomic E-state index is 12.3. The van der Waals surface area contributed by atoms with Gasteiger partial charge in [0.25, 0.3) is 0 Å². The number of ether oxygens (including phenoxy) is 1. The van der Waals surface area contributed by atoms with Crippen LogP contribution in [-0.2, 0) is 26.3 Å². The highest BCUT2D eigenvalue weighted by atomic mass is 32.2. The van der Waals surface area contributed by atoms with E-state index in [-0.39, 0.29) is 4.75 Å². The summed E-state index contributed by atoms with van der Waals surface area (Å²) in [6, 6.07) is 0. The Labute approximate surface area is 127 Å². The maximum Gasteiger partial charge on any atom is 0.0873 e. The van der Waals surface area contributed by atoms with Crippen molar-refractivity contribution < 1.29 is 13.2 Å². The molecule has 0 aromatic carbocycles. The lowest BCUT2D eigenvalue weighted by atomic mass is 10.0. The quantitative estimate of drug-likeness (QED) is 0.559. The molecule has 5 heteroatoms. The Bertz CT molecular complexity index is 398. The number of allylic oxidation sites excluding steroid dienone is 1. The molecular formula is C15H26O3S2. The molecule has 2 aliphatic rings. The van der Waals surface area contributed by atoms with Gasteiger partial charge in [0, 0.05) is 38.9 Å². The van der Waals surface area contributed by atoms with Crippen LogP contribution in [0.1, 0.15) is 51.9 Å². The van der Waals surface area contributed by atoms with E-state index in [0.29, 0.717) is 23.9 Å². The van der Waals surface area contributed by atoms with Crippen molar-refractivity contribution in [2.24, 2.45) is 0 Å². The first-order chi connectivity index (χ1) is 9.66. The molecule has 3 atom stereocenters. The molecule has 0 N–H and O–H groups in total. The van der Waals surface area contributed by atoms with Crippen LogP contribution in [0.4, 0.5) is 0 Å². The Hall–Kier alpha value is -0.160. The van der Waals surface area contributed by atoms with E-state index in [0.717, 1.165) is 19.3 Å². The van der Waals surface area contributed by atoms with Crippen molar-refractivity contribution in [3.05, 3.63) is 11.8 Å². The van der Waals surface area contributed by atoms with E-state index < -0.39 is 21.6 Å². The highest BCUT2D eigenvalue weighted by molar-refractivity contribution is 7.93. The number of hydrogen-bond acceptors (Lipinski definition) is 3. The van der Waals surface area contributed by atoms with Gasteiger partial charge in [0.15, 0.2) is 0 Å². The standard InChI is InChI=1S/C15H26O3S2/c1-2-15(13-19(16)10-11-20(15)17)8-5-9-18-12-14-6-3-4-7-14/h12H,2-11,13H2,1H3. The minimum absolute atomic E-state index is 0.229. The van der Waals surface area contributed by atoms with Crippen molar-refractivity contribution >= 4 is 21.6 Å². The van der Waals surface area contributed by atoms with E-state index in [1.165, 1.54) is 31.3 Å². The first-order valence-corrected chi connectivity index (χ1v) is 10.5. The fourth-order valence-electron chi connectivity index (χ4n) is 3.04. The average Bonchev–Trinajstić information content (AvgIpc) is 2.95. The van der Waals surface area contributed by atoms with Crippen molar-refractivity contribution in [1.82, 2.24) is 0 Å². The Balaban J connectivity index is 1.76. The molecule has 20 heavy (non-hydrogen) atoms. The van der Waals surface area contributed by atoms with E-state index in [1.54, 1.807) is 0 Å². The smallest absolute Gasteiger partial charge is 0.0873 e. The Kier molecular flexibility index (Phi) is 6.27. The zero-order valence-electron chi connectivity index (χ0n) is 12.4. The van der Waals surface area contributed by atoms with Gasteiger partial charge in [-0.2, -0.15) is 0 Å². The van der Waals surface area contributed by atoms with Gasteiger partial charge >= 0.3 is 0 Å². The maximum atomic E-state index is 12.3. The normalized spacial score (nSPS) is 34.1. The summed E-state index contributed by atoms with van der Waals surface area (Å²) in [7, 11) is -1.61. The third kappa shape index (κ3) is 4.17. The number of rotatable bonds is 6. The van der Waals surface area contributed by atoms with Crippen LogP contribution in [-0.4, -0.2) is 37.0 Å². The third-order valence-electron chi connectivity index (χ3n) is 4.44. The Morgan fingerprint density at radius 2 is 2.00 bits per heavy atom. The zero-order chi connectivity index (χ0) is 14.4. The van der Waals surface area contributed by atoms with Crippen LogP contribution in [0, 0.1) is 0 Å². The lowest BCUT2D eigenvalue weighted by molar-refractivity contribution is 0.233. The van der Waals surface area contributed by atoms with E-state index in [2.05, 4.69) is 6.92 Å². The van der Waals surface area contributed by atoms with Crippen molar-refractivity contribution in [3.8, 4) is 0 Å². The van der Waals surface area contributed by atoms with Crippen LogP contribution in [0.2, 0.25) is 0 Å². The van der Waals surface area contributed by atoms with Crippen LogP contribution >= 0.6 is 0 Å². The summed E-state index contributed by atoms with van der Waals surface area (Å²) < 4.78 is 29.5. The van der Waals surface area contributed by atoms with Gasteiger partial charge in [-0.1, -0.05) is 6.92 Å². The van der Waals surface area contributed by atoms with Gasteiger partial charge in [-0.25, -0.2) is 0 Å². The van der Waals surface area contributed by atoms with E-state index >= 15 is 0 Å². The minimum atomic E-state index is -0.829. The van der Waals surface area contributed by atoms with Crippen molar-refractivity contribution in [2.75, 3.05) is 23.9 Å². The summed E-state index contributed by atoms with van der Waals surface area (Å²) in [6.45, 7) is 2.76. The van der Waals surface area contributed by atoms with Crippen LogP contribution < -0.4 is 0 Å². The molecule has 0 bridgehead atoms. The van der Waals surface area contributed by atoms with Gasteiger partial charge in [-0.15, -0.1) is 0 Å². The van der Waals surface area contributed by atoms with E-state index in [1.807, 2.05) is 6.26 Å². The highest BCUT2D eigenvalue weighted by Gasteiger charge is 2.39. The fourth-order valence-corrected chi connectivity index (χ4v) is 7.52. The topological polar surface area (TPSA) is 43.4 Å². The molecule has 1 heterocycles. The molecule has 0 aromatic heterocycles. The molecule has 3 nitrogen and oxygen atoms in total. The van der Waals surface area contributed by atoms with E-state index in [4.69, 9.17) is 4.74 Å². The first kappa shape index (κ1) is 16.2. The summed E-state index contributed by atoms with van der Waals surface area (Å²) in [5.74, 6) is 1.82. The van der Waals surface area contributed by atoms with Crippen molar-refractivity contribution in [2.45, 2.75) is 56.6 Å². The summed E-state index contributed by atoms with van der Waals surface area (Å²) >= 11 is 0. The predicted molar refractivity (Wildman–Crippen MR) is 85.6 cm³/mol. The van der Waals surface area contributed by atoms with Crippen LogP contribution in [0.25, 0.3) is 0 Å². The Morgan fingerprint density at radius 3 is 2.70 bits per heavy atom. The molecule has 116 valence electrons. The number of hydrogen-bond donors (Lipinski definition) is 0. The molecule has 1 aliphatic heterocycles. The third-order valence-corrected chi connectivity index (χ3v) is 8.59. The van der Waals surface area contributed by atoms with Gasteiger partial charge in [0.1, 0.15) is 0 Å². The summed E-state index contributed by atoms with van der Waals surface area (Å²) in [5.41, 5.74) is 1.43. The van der Waals surface area contributed by atoms with Gasteiger partial charge in [0.2, 0.25) is 0 Å². The molecular weight excluding hydrogens is 292 g/mol. The van der Waals surface area contributed by atoms with E-state index in [9.17, 15) is 8.42 Å². The van der Waals surface area contributed by atoms with Crippen LogP contribution in [0.15, 0.2) is 11.8 Å². The van der Waals surface area contributed by atoms with Gasteiger partial charge in [-0.05, 0) is 50.5 Å². The van der Waals surface area contributed by atoms with Gasteiger partial charge in [-0.3, -0.25) is 8.42 Å². The predicted octanol–water partition coefficient (Wildman–Crippen LogP) is 2.90. The molecule has 0 amide bonds. The van der Waals surface area contributed by atoms with Crippen molar-refractivity contribution in [3.63, 3.8) is 0 Å². The highest BCUT2D eigenvalue weighted by Crippen LogP contribution is 2.30. The fraction of sp³-hybridized carbons (Fsp3) is 0.867. The second kappa shape index (κ2) is 7.74. The van der Waals surface area contributed by atoms with Crippen LogP contribution in [0.5, 0.6) is 0 Å². The largest absolute Gasteiger partial charge is 0.501 e. The molecule has 1 saturated carbocycles. The zero-order valence-corrected chi connectivity index (χ0v) is 14.0. The lowest BCUT2D eigenvalue weighted by Gasteiger charge is -2.34. The van der Waals surface area contributed by atoms with Gasteiger partial charge in [0.05, 0.1) is 17.6 Å². The first-order valence-electron chi connectivity index (χ1n) is 7.69. The monoisotopic (exact) mass is 318 g/mol. The summed E-state index contributed by atoms with van der Waals surface area (Å²) in [5, 5.41) is 0. The average molecular weight is 319 g/mol. The molecule has 3 unspecified atom stereocenters. The second-order valence-corrected chi connectivity index (χ2v) is 9.37. The molecule has 2 rings (SSSR count). The summed E-state index contributed by atoms with van der Waals surface area (Å²) in [4.78, 5) is 0. The lowest BCUT2D eigenvalue weighted by Crippen LogP contribution is -2.46. The van der Waals surface area contributed by atoms with Crippen LogP contribution in [0.3, 0.4) is 0 Å². The molecule has 1 saturated heterocycles. The Morgan fingerprint density at radius 1 is 1.25 bits per heavy atom. The second-order valence-electron chi connectivity index (χ2n) is 5.83. The molecule has 0 spiro atoms. The van der Waals surface area contributed by atoms with Gasteiger partial charge < -0.3 is 4.74 Å². The summed E-state index contributed by atoms with van der Waals surface area (Å²) in [6.07, 6.45) is 9.50.